The van der Waals surface area contributed by atoms with E-state index in [4.69, 9.17) is 9.92 Å². The normalized spacial score (nSPS) is 16.1. The van der Waals surface area contributed by atoms with Gasteiger partial charge in [0.2, 0.25) is 0 Å². The Morgan fingerprint density at radius 3 is 2.81 bits per heavy atom. The molecule has 0 spiro atoms. The predicted molar refractivity (Wildman–Crippen MR) is 59.7 cm³/mol. The predicted octanol–water partition coefficient (Wildman–Crippen LogP) is 1.32. The van der Waals surface area contributed by atoms with Gasteiger partial charge in [0.25, 0.3) is 0 Å². The molecule has 2 bridgehead atoms. The highest BCUT2D eigenvalue weighted by Crippen LogP contribution is 2.41. The first-order chi connectivity index (χ1) is 7.44. The van der Waals surface area contributed by atoms with Gasteiger partial charge in [0.15, 0.2) is 11.5 Å². The number of fused-ring (bicyclic) bond motifs is 2. The van der Waals surface area contributed by atoms with Crippen LogP contribution in [0.15, 0.2) is 18.7 Å². The van der Waals surface area contributed by atoms with Crippen LogP contribution in [0.3, 0.4) is 0 Å². The van der Waals surface area contributed by atoms with Gasteiger partial charge in [-0.3, -0.25) is 0 Å². The molecule has 0 aliphatic carbocycles. The van der Waals surface area contributed by atoms with E-state index in [0.29, 0.717) is 23.2 Å². The number of rotatable bonds is 2. The Labute approximate surface area is 93.8 Å². The molecule has 1 aliphatic rings. The Hall–Kier alpha value is -1.69. The van der Waals surface area contributed by atoms with E-state index in [1.807, 2.05) is 0 Å². The summed E-state index contributed by atoms with van der Waals surface area (Å²) in [6.07, 6.45) is 2.07. The molecule has 0 fully saturated rings. The molecule has 0 radical (unpaired) electrons. The molecule has 86 valence electrons. The molecule has 16 heavy (non-hydrogen) atoms. The van der Waals surface area contributed by atoms with E-state index in [9.17, 15) is 8.42 Å². The van der Waals surface area contributed by atoms with Gasteiger partial charge in [-0.2, -0.15) is 0 Å². The van der Waals surface area contributed by atoms with E-state index in [-0.39, 0.29) is 11.5 Å². The molecule has 1 heterocycles. The Morgan fingerprint density at radius 2 is 2.19 bits per heavy atom. The van der Waals surface area contributed by atoms with Crippen molar-refractivity contribution in [2.75, 3.05) is 5.73 Å². The summed E-state index contributed by atoms with van der Waals surface area (Å²) in [5.74, 6) is 0.465. The first kappa shape index (κ1) is 10.8. The number of anilines is 1. The first-order valence-corrected chi connectivity index (χ1v) is 5.94. The third-order valence-electron chi connectivity index (χ3n) is 2.35. The van der Waals surface area contributed by atoms with Crippen LogP contribution in [0.5, 0.6) is 11.5 Å². The molecule has 0 aromatic heterocycles. The summed E-state index contributed by atoms with van der Waals surface area (Å²) in [5.41, 5.74) is 7.45. The number of allylic oxidation sites excluding steroid dienone is 1. The fraction of sp³-hybridized carbons (Fsp3) is 0.200. The molecule has 1 aromatic rings. The highest BCUT2D eigenvalue weighted by molar-refractivity contribution is 7.82. The number of benzene rings is 1. The van der Waals surface area contributed by atoms with E-state index in [2.05, 4.69) is 10.8 Å². The Kier molecular flexibility index (Phi) is 2.31. The van der Waals surface area contributed by atoms with E-state index in [1.165, 1.54) is 6.07 Å². The number of hydrogen-bond acceptors (Lipinski definition) is 5. The van der Waals surface area contributed by atoms with Crippen molar-refractivity contribution in [1.82, 2.24) is 0 Å². The van der Waals surface area contributed by atoms with E-state index >= 15 is 0 Å². The van der Waals surface area contributed by atoms with Crippen LogP contribution < -0.4 is 14.1 Å². The van der Waals surface area contributed by atoms with Crippen LogP contribution in [0.1, 0.15) is 11.1 Å². The molecule has 2 N–H and O–H groups in total. The van der Waals surface area contributed by atoms with Crippen LogP contribution in [0.2, 0.25) is 0 Å². The molecule has 0 amide bonds. The highest BCUT2D eigenvalue weighted by atomic mass is 32.3. The Bertz CT molecular complexity index is 563. The minimum absolute atomic E-state index is 0.214. The van der Waals surface area contributed by atoms with Gasteiger partial charge in [0.1, 0.15) is 0 Å². The topological polar surface area (TPSA) is 78.6 Å². The van der Waals surface area contributed by atoms with Gasteiger partial charge in [-0.05, 0) is 13.3 Å². The van der Waals surface area contributed by atoms with Crippen molar-refractivity contribution >= 4 is 16.1 Å². The van der Waals surface area contributed by atoms with Gasteiger partial charge in [0.05, 0.1) is 0 Å². The van der Waals surface area contributed by atoms with Crippen molar-refractivity contribution in [3.8, 4) is 11.5 Å². The fourth-order valence-corrected chi connectivity index (χ4v) is 2.45. The van der Waals surface area contributed by atoms with Crippen LogP contribution in [0.25, 0.3) is 0 Å². The average molecular weight is 241 g/mol. The van der Waals surface area contributed by atoms with Gasteiger partial charge < -0.3 is 14.1 Å². The second-order valence-corrected chi connectivity index (χ2v) is 4.61. The molecule has 0 saturated heterocycles. The summed E-state index contributed by atoms with van der Waals surface area (Å²) in [4.78, 5) is 0. The van der Waals surface area contributed by atoms with E-state index in [0.717, 1.165) is 0 Å². The third-order valence-corrected chi connectivity index (χ3v) is 3.10. The van der Waals surface area contributed by atoms with Gasteiger partial charge >= 0.3 is 10.4 Å². The van der Waals surface area contributed by atoms with Gasteiger partial charge in [-0.15, -0.1) is 15.0 Å². The molecule has 2 rings (SSSR count). The van der Waals surface area contributed by atoms with Crippen LogP contribution in [0, 0.1) is 6.92 Å². The maximum Gasteiger partial charge on any atom is 0.501 e. The lowest BCUT2D eigenvalue weighted by Gasteiger charge is -2.22. The maximum atomic E-state index is 11.3. The zero-order chi connectivity index (χ0) is 11.9. The summed E-state index contributed by atoms with van der Waals surface area (Å²) in [6, 6.07) is 1.48. The van der Waals surface area contributed by atoms with Crippen molar-refractivity contribution in [2.24, 2.45) is 0 Å². The lowest BCUT2D eigenvalue weighted by atomic mass is 10.0. The van der Waals surface area contributed by atoms with Crippen LogP contribution in [0.4, 0.5) is 5.69 Å². The van der Waals surface area contributed by atoms with Crippen LogP contribution >= 0.6 is 0 Å². The minimum atomic E-state index is -4.00. The molecular formula is C10H11NO4S. The van der Waals surface area contributed by atoms with Crippen molar-refractivity contribution in [1.29, 1.82) is 0 Å². The standard InChI is InChI=1S/C10H11NO4S/c1-3-4-7-8(11)5-9-6(2)10(7)15-16(12,13)14-9/h3,5H,1,4,11H2,2H3. The summed E-state index contributed by atoms with van der Waals surface area (Å²) in [7, 11) is -4.00. The van der Waals surface area contributed by atoms with Crippen LogP contribution in [-0.4, -0.2) is 8.42 Å². The van der Waals surface area contributed by atoms with Crippen molar-refractivity contribution < 1.29 is 16.8 Å². The van der Waals surface area contributed by atoms with Gasteiger partial charge in [0, 0.05) is 22.9 Å². The first-order valence-electron chi connectivity index (χ1n) is 4.61. The molecule has 0 unspecified atom stereocenters. The van der Waals surface area contributed by atoms with Gasteiger partial charge in [-0.1, -0.05) is 6.08 Å². The van der Waals surface area contributed by atoms with E-state index < -0.39 is 10.4 Å². The number of nitrogen functional groups attached to an aromatic ring is 1. The zero-order valence-corrected chi connectivity index (χ0v) is 9.50. The molecule has 6 heteroatoms. The fourth-order valence-electron chi connectivity index (χ4n) is 1.59. The summed E-state index contributed by atoms with van der Waals surface area (Å²) >= 11 is 0. The number of nitrogens with two attached hydrogens (primary N) is 1. The zero-order valence-electron chi connectivity index (χ0n) is 8.69. The third kappa shape index (κ3) is 1.61. The maximum absolute atomic E-state index is 11.3. The summed E-state index contributed by atoms with van der Waals surface area (Å²) < 4.78 is 32.0. The van der Waals surface area contributed by atoms with E-state index in [1.54, 1.807) is 13.0 Å². The number of hydrogen-bond donors (Lipinski definition) is 1. The van der Waals surface area contributed by atoms with Crippen molar-refractivity contribution in [3.63, 3.8) is 0 Å². The monoisotopic (exact) mass is 241 g/mol. The molecule has 1 aromatic carbocycles. The largest absolute Gasteiger partial charge is 0.501 e. The molecule has 1 aliphatic heterocycles. The second kappa shape index (κ2) is 3.41. The van der Waals surface area contributed by atoms with Crippen LogP contribution in [-0.2, 0) is 16.8 Å². The van der Waals surface area contributed by atoms with Crippen molar-refractivity contribution in [3.05, 3.63) is 29.8 Å². The summed E-state index contributed by atoms with van der Waals surface area (Å²) in [6.45, 7) is 5.30. The lowest BCUT2D eigenvalue weighted by Crippen LogP contribution is -2.23. The molecule has 0 saturated carbocycles. The average Bonchev–Trinajstić information content (AvgIpc) is 2.17. The quantitative estimate of drug-likeness (QED) is 0.624. The van der Waals surface area contributed by atoms with Gasteiger partial charge in [-0.25, -0.2) is 0 Å². The second-order valence-electron chi connectivity index (χ2n) is 3.46. The highest BCUT2D eigenvalue weighted by Gasteiger charge is 2.29. The molecular weight excluding hydrogens is 230 g/mol. The lowest BCUT2D eigenvalue weighted by molar-refractivity contribution is 0.373. The summed E-state index contributed by atoms with van der Waals surface area (Å²) in [5, 5.41) is 0. The minimum Gasteiger partial charge on any atom is -0.398 e. The van der Waals surface area contributed by atoms with Crippen molar-refractivity contribution in [2.45, 2.75) is 13.3 Å². The Morgan fingerprint density at radius 1 is 1.50 bits per heavy atom. The molecule has 5 nitrogen and oxygen atoms in total. The smallest absolute Gasteiger partial charge is 0.398 e. The Balaban J connectivity index is 2.69. The molecule has 0 atom stereocenters. The SMILES string of the molecule is C=CCc1c(N)cc2c(C)c1OS(=O)(=O)O2.